The number of carbonyl (C=O) groups excluding carboxylic acids is 1. The van der Waals surface area contributed by atoms with Gasteiger partial charge < -0.3 is 24.6 Å². The Balaban J connectivity index is 1.83. The monoisotopic (exact) mass is 490 g/mol. The van der Waals surface area contributed by atoms with Gasteiger partial charge in [-0.2, -0.15) is 0 Å². The van der Waals surface area contributed by atoms with Crippen molar-refractivity contribution in [1.82, 2.24) is 15.2 Å². The molecule has 4 rings (SSSR count). The molecule has 2 aliphatic rings. The summed E-state index contributed by atoms with van der Waals surface area (Å²) in [4.78, 5) is 35.2. The van der Waals surface area contributed by atoms with Crippen LogP contribution in [0.4, 0.5) is 9.18 Å². The van der Waals surface area contributed by atoms with E-state index in [9.17, 15) is 14.0 Å². The van der Waals surface area contributed by atoms with Crippen LogP contribution < -0.4 is 5.32 Å². The molecule has 1 saturated heterocycles. The molecule has 3 heterocycles. The third-order valence-electron chi connectivity index (χ3n) is 5.61. The summed E-state index contributed by atoms with van der Waals surface area (Å²) in [6.45, 7) is 2.64. The number of nitrogens with zero attached hydrogens (tertiary/aromatic N) is 3. The fourth-order valence-electron chi connectivity index (χ4n) is 4.00. The Kier molecular flexibility index (Phi) is 6.91. The second kappa shape index (κ2) is 9.87. The van der Waals surface area contributed by atoms with E-state index in [1.807, 2.05) is 0 Å². The first kappa shape index (κ1) is 23.8. The molecular weight excluding hydrogens is 467 g/mol. The minimum Gasteiger partial charge on any atom is -0.466 e. The zero-order valence-corrected chi connectivity index (χ0v) is 19.3. The number of carboxylic acid groups (broad SMARTS) is 1. The quantitative estimate of drug-likeness (QED) is 0.588. The predicted octanol–water partition coefficient (Wildman–Crippen LogP) is 2.33. The zero-order valence-electron chi connectivity index (χ0n) is 18.5. The Hall–Kier alpha value is -3.35. The van der Waals surface area contributed by atoms with Crippen LogP contribution in [-0.2, 0) is 24.5 Å². The second-order valence-corrected chi connectivity index (χ2v) is 8.63. The first-order valence-electron chi connectivity index (χ1n) is 10.4. The fourth-order valence-corrected chi connectivity index (χ4v) is 4.58. The zero-order chi connectivity index (χ0) is 24.3. The molecule has 2 aromatic rings. The van der Waals surface area contributed by atoms with Gasteiger partial charge in [-0.3, -0.25) is 4.90 Å². The van der Waals surface area contributed by atoms with Gasteiger partial charge in [-0.05, 0) is 24.6 Å². The van der Waals surface area contributed by atoms with Crippen LogP contribution in [-0.4, -0.2) is 72.6 Å². The second-order valence-electron chi connectivity index (χ2n) is 7.73. The number of esters is 1. The maximum Gasteiger partial charge on any atom is 0.507 e. The van der Waals surface area contributed by atoms with E-state index >= 15 is 0 Å². The SMILES string of the molecule is COC(=O)C1=C(CN2CCOCC2OC(=O)O)NC(c2nccs2)=NC1(C)c1ccc(F)cc1. The van der Waals surface area contributed by atoms with Crippen molar-refractivity contribution in [2.75, 3.05) is 33.4 Å². The number of rotatable bonds is 6. The van der Waals surface area contributed by atoms with Gasteiger partial charge in [0, 0.05) is 30.4 Å². The number of hydrogen-bond acceptors (Lipinski definition) is 10. The van der Waals surface area contributed by atoms with Gasteiger partial charge in [0.2, 0.25) is 0 Å². The highest BCUT2D eigenvalue weighted by molar-refractivity contribution is 7.11. The molecule has 0 saturated carbocycles. The van der Waals surface area contributed by atoms with Crippen molar-refractivity contribution in [2.24, 2.45) is 4.99 Å². The number of methoxy groups -OCH3 is 1. The van der Waals surface area contributed by atoms with E-state index in [1.54, 1.807) is 35.5 Å². The first-order chi connectivity index (χ1) is 16.3. The molecule has 180 valence electrons. The minimum atomic E-state index is -1.43. The number of nitrogens with one attached hydrogen (secondary N) is 1. The molecule has 0 spiro atoms. The maximum atomic E-state index is 13.7. The van der Waals surface area contributed by atoms with Gasteiger partial charge in [-0.15, -0.1) is 11.3 Å². The summed E-state index contributed by atoms with van der Waals surface area (Å²) in [5.41, 5.74) is -0.0115. The number of halogens is 1. The highest BCUT2D eigenvalue weighted by Crippen LogP contribution is 2.39. The summed E-state index contributed by atoms with van der Waals surface area (Å²) >= 11 is 1.36. The van der Waals surface area contributed by atoms with E-state index in [0.717, 1.165) is 0 Å². The average molecular weight is 491 g/mol. The van der Waals surface area contributed by atoms with Crippen molar-refractivity contribution in [1.29, 1.82) is 0 Å². The van der Waals surface area contributed by atoms with E-state index < -0.39 is 29.7 Å². The number of thiazole rings is 1. The van der Waals surface area contributed by atoms with Crippen molar-refractivity contribution in [2.45, 2.75) is 18.7 Å². The number of aromatic nitrogens is 1. The Morgan fingerprint density at radius 3 is 2.79 bits per heavy atom. The molecule has 1 aromatic heterocycles. The van der Waals surface area contributed by atoms with E-state index in [0.29, 0.717) is 35.3 Å². The van der Waals surface area contributed by atoms with Crippen LogP contribution in [0.3, 0.4) is 0 Å². The normalized spacial score (nSPS) is 23.1. The number of benzene rings is 1. The van der Waals surface area contributed by atoms with Gasteiger partial charge in [-0.1, -0.05) is 12.1 Å². The number of carbonyl (C=O) groups is 2. The van der Waals surface area contributed by atoms with Crippen LogP contribution in [0.1, 0.15) is 17.5 Å². The summed E-state index contributed by atoms with van der Waals surface area (Å²) in [6, 6.07) is 5.73. The lowest BCUT2D eigenvalue weighted by atomic mass is 9.82. The lowest BCUT2D eigenvalue weighted by Crippen LogP contribution is -2.51. The summed E-state index contributed by atoms with van der Waals surface area (Å²) in [5.74, 6) is -0.620. The van der Waals surface area contributed by atoms with Crippen LogP contribution in [0.5, 0.6) is 0 Å². The molecule has 2 atom stereocenters. The van der Waals surface area contributed by atoms with Crippen LogP contribution in [0.25, 0.3) is 0 Å². The Morgan fingerprint density at radius 1 is 1.38 bits per heavy atom. The Morgan fingerprint density at radius 2 is 2.15 bits per heavy atom. The third-order valence-corrected chi connectivity index (χ3v) is 6.39. The van der Waals surface area contributed by atoms with E-state index in [4.69, 9.17) is 24.3 Å². The largest absolute Gasteiger partial charge is 0.507 e. The molecule has 0 amide bonds. The molecule has 0 radical (unpaired) electrons. The fraction of sp³-hybridized carbons (Fsp3) is 0.364. The van der Waals surface area contributed by atoms with Crippen molar-refractivity contribution in [3.63, 3.8) is 0 Å². The molecule has 12 heteroatoms. The van der Waals surface area contributed by atoms with Crippen molar-refractivity contribution in [3.05, 3.63) is 63.5 Å². The van der Waals surface area contributed by atoms with E-state index in [2.05, 4.69) is 10.3 Å². The smallest absolute Gasteiger partial charge is 0.466 e. The van der Waals surface area contributed by atoms with Gasteiger partial charge >= 0.3 is 12.1 Å². The molecule has 2 unspecified atom stereocenters. The third kappa shape index (κ3) is 4.79. The Bertz CT molecular complexity index is 1120. The van der Waals surface area contributed by atoms with Crippen LogP contribution in [0.2, 0.25) is 0 Å². The van der Waals surface area contributed by atoms with Crippen LogP contribution >= 0.6 is 11.3 Å². The van der Waals surface area contributed by atoms with Crippen molar-refractivity contribution >= 4 is 29.3 Å². The van der Waals surface area contributed by atoms with E-state index in [-0.39, 0.29) is 18.7 Å². The number of aliphatic imine (C=N–C) groups is 1. The number of ether oxygens (including phenoxy) is 3. The first-order valence-corrected chi connectivity index (χ1v) is 11.3. The van der Waals surface area contributed by atoms with Crippen LogP contribution in [0, 0.1) is 5.82 Å². The molecule has 0 bridgehead atoms. The molecule has 0 aliphatic carbocycles. The van der Waals surface area contributed by atoms with Gasteiger partial charge in [0.05, 0.1) is 25.9 Å². The van der Waals surface area contributed by atoms with E-state index in [1.165, 1.54) is 30.6 Å². The summed E-state index contributed by atoms with van der Waals surface area (Å²) in [7, 11) is 1.27. The van der Waals surface area contributed by atoms with Gasteiger partial charge in [0.25, 0.3) is 0 Å². The average Bonchev–Trinajstić information content (AvgIpc) is 3.35. The molecule has 2 N–H and O–H groups in total. The topological polar surface area (TPSA) is 123 Å². The lowest BCUT2D eigenvalue weighted by Gasteiger charge is -2.39. The van der Waals surface area contributed by atoms with Gasteiger partial charge in [0.15, 0.2) is 17.1 Å². The number of hydrogen-bond donors (Lipinski definition) is 2. The molecular formula is C22H23FN4O6S. The van der Waals surface area contributed by atoms with Crippen LogP contribution in [0.15, 0.2) is 52.1 Å². The predicted molar refractivity (Wildman–Crippen MR) is 120 cm³/mol. The van der Waals surface area contributed by atoms with Gasteiger partial charge in [-0.25, -0.2) is 24.0 Å². The number of amidine groups is 1. The summed E-state index contributed by atoms with van der Waals surface area (Å²) < 4.78 is 29.2. The lowest BCUT2D eigenvalue weighted by molar-refractivity contribution is -0.137. The highest BCUT2D eigenvalue weighted by Gasteiger charge is 2.43. The molecule has 34 heavy (non-hydrogen) atoms. The maximum absolute atomic E-state index is 13.7. The van der Waals surface area contributed by atoms with Crippen molar-refractivity contribution in [3.8, 4) is 0 Å². The Labute approximate surface area is 198 Å². The summed E-state index contributed by atoms with van der Waals surface area (Å²) in [5, 5.41) is 14.7. The molecule has 1 aromatic carbocycles. The minimum absolute atomic E-state index is 0.0514. The van der Waals surface area contributed by atoms with Gasteiger partial charge in [0.1, 0.15) is 11.4 Å². The standard InChI is InChI=1S/C22H23FN4O6S/c1-22(13-3-5-14(23)6-4-13)17(20(28)31-2)15(25-18(26-22)19-24-7-10-34-19)11-27-8-9-32-12-16(27)33-21(29)30/h3-7,10,16H,8-9,11-12H2,1-2H3,(H,25,26)(H,29,30). The molecule has 2 aliphatic heterocycles. The summed E-state index contributed by atoms with van der Waals surface area (Å²) in [6.07, 6.45) is -0.656. The highest BCUT2D eigenvalue weighted by atomic mass is 32.1. The molecule has 10 nitrogen and oxygen atoms in total. The molecule has 1 fully saturated rings. The van der Waals surface area contributed by atoms with Crippen molar-refractivity contribution < 1.29 is 33.3 Å². The number of morpholine rings is 1.